The van der Waals surface area contributed by atoms with Gasteiger partial charge in [-0.05, 0) is 13.8 Å². The van der Waals surface area contributed by atoms with Gasteiger partial charge in [-0.25, -0.2) is 23.4 Å². The molecule has 0 unspecified atom stereocenters. The predicted molar refractivity (Wildman–Crippen MR) is 82.1 cm³/mol. The summed E-state index contributed by atoms with van der Waals surface area (Å²) < 4.78 is 46.7. The molecule has 0 aliphatic heterocycles. The highest BCUT2D eigenvalue weighted by Crippen LogP contribution is 2.38. The standard InChI is InChI=1S/C14H12ClF3N4O3/c1-5(2)25-12-10(9-7(17)3-6(16)4-8(9)18)11(15)19-13(20-12)21-14(23)22-24/h3-5,24H,1-2H3,(H2,19,20,21,22,23). The van der Waals surface area contributed by atoms with Crippen molar-refractivity contribution in [2.24, 2.45) is 0 Å². The number of benzene rings is 1. The number of ether oxygens (including phenoxy) is 1. The van der Waals surface area contributed by atoms with Crippen molar-refractivity contribution in [3.05, 3.63) is 34.7 Å². The van der Waals surface area contributed by atoms with Gasteiger partial charge >= 0.3 is 6.03 Å². The summed E-state index contributed by atoms with van der Waals surface area (Å²) in [5.41, 5.74) is 0.261. The molecular formula is C14H12ClF3N4O3. The highest BCUT2D eigenvalue weighted by molar-refractivity contribution is 6.32. The number of rotatable bonds is 4. The van der Waals surface area contributed by atoms with Gasteiger partial charge in [0.25, 0.3) is 0 Å². The third-order valence-corrected chi connectivity index (χ3v) is 3.04. The minimum absolute atomic E-state index is 0.340. The normalized spacial score (nSPS) is 10.7. The van der Waals surface area contributed by atoms with Gasteiger partial charge in [0, 0.05) is 12.1 Å². The van der Waals surface area contributed by atoms with Gasteiger partial charge in [0.05, 0.1) is 17.2 Å². The van der Waals surface area contributed by atoms with Crippen molar-refractivity contribution >= 4 is 23.6 Å². The maximum Gasteiger partial charge on any atom is 0.345 e. The van der Waals surface area contributed by atoms with E-state index in [-0.39, 0.29) is 17.4 Å². The number of hydrogen-bond donors (Lipinski definition) is 3. The van der Waals surface area contributed by atoms with Crippen molar-refractivity contribution in [2.75, 3.05) is 5.32 Å². The van der Waals surface area contributed by atoms with E-state index in [0.717, 1.165) is 0 Å². The van der Waals surface area contributed by atoms with Gasteiger partial charge < -0.3 is 4.74 Å². The third-order valence-electron chi connectivity index (χ3n) is 2.76. The van der Waals surface area contributed by atoms with E-state index in [9.17, 15) is 18.0 Å². The lowest BCUT2D eigenvalue weighted by molar-refractivity contribution is 0.172. The molecule has 0 atom stereocenters. The van der Waals surface area contributed by atoms with Crippen LogP contribution in [0.2, 0.25) is 5.15 Å². The fraction of sp³-hybridized carbons (Fsp3) is 0.214. The number of hydrogen-bond acceptors (Lipinski definition) is 5. The highest BCUT2D eigenvalue weighted by Gasteiger charge is 2.24. The van der Waals surface area contributed by atoms with Gasteiger partial charge in [-0.15, -0.1) is 0 Å². The second kappa shape index (κ2) is 7.53. The maximum absolute atomic E-state index is 14.1. The molecular weight excluding hydrogens is 365 g/mol. The van der Waals surface area contributed by atoms with E-state index in [1.807, 2.05) is 5.32 Å². The monoisotopic (exact) mass is 376 g/mol. The smallest absolute Gasteiger partial charge is 0.345 e. The summed E-state index contributed by atoms with van der Waals surface area (Å²) in [4.78, 5) is 18.6. The first-order chi connectivity index (χ1) is 11.7. The number of urea groups is 1. The molecule has 0 radical (unpaired) electrons. The Bertz CT molecular complexity index is 797. The summed E-state index contributed by atoms with van der Waals surface area (Å²) in [6, 6.07) is -0.128. The lowest BCUT2D eigenvalue weighted by Gasteiger charge is -2.16. The van der Waals surface area contributed by atoms with Crippen molar-refractivity contribution < 1.29 is 27.9 Å². The first-order valence-corrected chi connectivity index (χ1v) is 7.21. The Labute approximate surface area is 144 Å². The Balaban J connectivity index is 2.66. The van der Waals surface area contributed by atoms with Crippen molar-refractivity contribution in [2.45, 2.75) is 20.0 Å². The average molecular weight is 377 g/mol. The molecule has 2 rings (SSSR count). The molecule has 25 heavy (non-hydrogen) atoms. The molecule has 0 spiro atoms. The molecule has 0 aliphatic rings. The molecule has 3 N–H and O–H groups in total. The lowest BCUT2D eigenvalue weighted by Crippen LogP contribution is -2.26. The quantitative estimate of drug-likeness (QED) is 0.431. The zero-order valence-electron chi connectivity index (χ0n) is 12.9. The maximum atomic E-state index is 14.1. The lowest BCUT2D eigenvalue weighted by atomic mass is 10.1. The number of hydroxylamine groups is 1. The van der Waals surface area contributed by atoms with Crippen LogP contribution < -0.4 is 15.5 Å². The molecule has 0 saturated carbocycles. The van der Waals surface area contributed by atoms with Crippen LogP contribution >= 0.6 is 11.6 Å². The van der Waals surface area contributed by atoms with Crippen LogP contribution in [0.5, 0.6) is 5.88 Å². The van der Waals surface area contributed by atoms with Crippen LogP contribution in [0.1, 0.15) is 13.8 Å². The Hall–Kier alpha value is -2.59. The number of aromatic nitrogens is 2. The molecule has 1 aromatic heterocycles. The minimum atomic E-state index is -1.23. The molecule has 11 heteroatoms. The van der Waals surface area contributed by atoms with E-state index in [4.69, 9.17) is 21.5 Å². The topological polar surface area (TPSA) is 96.4 Å². The van der Waals surface area contributed by atoms with Gasteiger partial charge in [-0.3, -0.25) is 10.5 Å². The van der Waals surface area contributed by atoms with Crippen molar-refractivity contribution in [1.29, 1.82) is 0 Å². The zero-order valence-corrected chi connectivity index (χ0v) is 13.7. The van der Waals surface area contributed by atoms with Crippen LogP contribution in [0.15, 0.2) is 12.1 Å². The van der Waals surface area contributed by atoms with Crippen LogP contribution in [0.25, 0.3) is 11.1 Å². The summed E-state index contributed by atoms with van der Waals surface area (Å²) >= 11 is 5.97. The fourth-order valence-corrected chi connectivity index (χ4v) is 2.15. The van der Waals surface area contributed by atoms with Gasteiger partial charge in [0.2, 0.25) is 11.8 Å². The summed E-state index contributed by atoms with van der Waals surface area (Å²) in [7, 11) is 0. The zero-order chi connectivity index (χ0) is 18.7. The van der Waals surface area contributed by atoms with Crippen molar-refractivity contribution in [3.8, 4) is 17.0 Å². The van der Waals surface area contributed by atoms with E-state index in [1.165, 1.54) is 5.48 Å². The Morgan fingerprint density at radius 3 is 2.32 bits per heavy atom. The Morgan fingerprint density at radius 2 is 1.80 bits per heavy atom. The second-order valence-corrected chi connectivity index (χ2v) is 5.35. The summed E-state index contributed by atoms with van der Waals surface area (Å²) in [6.45, 7) is 3.23. The third kappa shape index (κ3) is 4.28. The van der Waals surface area contributed by atoms with Crippen LogP contribution in [0.4, 0.5) is 23.9 Å². The molecule has 2 aromatic rings. The number of nitrogens with one attached hydrogen (secondary N) is 2. The number of anilines is 1. The Kier molecular flexibility index (Phi) is 5.65. The predicted octanol–water partition coefficient (Wildman–Crippen LogP) is 3.51. The molecule has 2 amide bonds. The number of nitrogens with zero attached hydrogens (tertiary/aromatic N) is 2. The summed E-state index contributed by atoms with van der Waals surface area (Å²) in [5.74, 6) is -4.30. The molecule has 1 aromatic carbocycles. The second-order valence-electron chi connectivity index (χ2n) is 5.00. The molecule has 7 nitrogen and oxygen atoms in total. The number of carbonyl (C=O) groups excluding carboxylic acids is 1. The molecule has 0 aliphatic carbocycles. The molecule has 0 fully saturated rings. The minimum Gasteiger partial charge on any atom is -0.474 e. The van der Waals surface area contributed by atoms with Gasteiger partial charge in [0.1, 0.15) is 22.6 Å². The molecule has 0 bridgehead atoms. The van der Waals surface area contributed by atoms with Crippen molar-refractivity contribution in [1.82, 2.24) is 15.4 Å². The molecule has 1 heterocycles. The number of halogens is 4. The Morgan fingerprint density at radius 1 is 1.20 bits per heavy atom. The van der Waals surface area contributed by atoms with Gasteiger partial charge in [0.15, 0.2) is 0 Å². The first kappa shape index (κ1) is 18.7. The van der Waals surface area contributed by atoms with Crippen LogP contribution in [0, 0.1) is 17.5 Å². The van der Waals surface area contributed by atoms with E-state index in [2.05, 4.69) is 9.97 Å². The van der Waals surface area contributed by atoms with Crippen LogP contribution in [0.3, 0.4) is 0 Å². The van der Waals surface area contributed by atoms with E-state index in [0.29, 0.717) is 12.1 Å². The largest absolute Gasteiger partial charge is 0.474 e. The van der Waals surface area contributed by atoms with Gasteiger partial charge in [-0.2, -0.15) is 9.97 Å². The van der Waals surface area contributed by atoms with E-state index < -0.39 is 40.3 Å². The van der Waals surface area contributed by atoms with E-state index in [1.54, 1.807) is 13.8 Å². The van der Waals surface area contributed by atoms with E-state index >= 15 is 0 Å². The molecule has 0 saturated heterocycles. The van der Waals surface area contributed by atoms with Crippen molar-refractivity contribution in [3.63, 3.8) is 0 Å². The number of carbonyl (C=O) groups is 1. The summed E-state index contributed by atoms with van der Waals surface area (Å²) in [5, 5.41) is 10.1. The first-order valence-electron chi connectivity index (χ1n) is 6.83. The number of amides is 2. The SMILES string of the molecule is CC(C)Oc1nc(NC(=O)NO)nc(Cl)c1-c1c(F)cc(F)cc1F. The van der Waals surface area contributed by atoms with Crippen LogP contribution in [-0.4, -0.2) is 27.3 Å². The van der Waals surface area contributed by atoms with Gasteiger partial charge in [-0.1, -0.05) is 11.6 Å². The fourth-order valence-electron chi connectivity index (χ4n) is 1.90. The van der Waals surface area contributed by atoms with Crippen LogP contribution in [-0.2, 0) is 0 Å². The molecule has 134 valence electrons. The highest BCUT2D eigenvalue weighted by atomic mass is 35.5. The average Bonchev–Trinajstić information content (AvgIpc) is 2.48. The summed E-state index contributed by atoms with van der Waals surface area (Å²) in [6.07, 6.45) is -0.476.